The molecule has 2 unspecified atom stereocenters. The van der Waals surface area contributed by atoms with Gasteiger partial charge in [-0.2, -0.15) is 0 Å². The van der Waals surface area contributed by atoms with Crippen molar-refractivity contribution in [1.29, 1.82) is 0 Å². The molecule has 0 fully saturated rings. The highest BCUT2D eigenvalue weighted by atomic mass is 19.1. The lowest BCUT2D eigenvalue weighted by Crippen LogP contribution is -2.37. The molecule has 0 spiro atoms. The molecule has 1 aromatic rings. The Bertz CT molecular complexity index is 379. The maximum absolute atomic E-state index is 13.6. The molecule has 102 valence electrons. The van der Waals surface area contributed by atoms with Gasteiger partial charge in [0.25, 0.3) is 0 Å². The van der Waals surface area contributed by atoms with Gasteiger partial charge in [0.2, 0.25) is 0 Å². The number of aryl methyl sites for hydroxylation is 1. The predicted molar refractivity (Wildman–Crippen MR) is 75.1 cm³/mol. The van der Waals surface area contributed by atoms with Crippen molar-refractivity contribution < 1.29 is 4.39 Å². The average Bonchev–Trinajstić information content (AvgIpc) is 2.34. The van der Waals surface area contributed by atoms with Crippen LogP contribution < -0.4 is 5.73 Å². The molecule has 0 aliphatic carbocycles. The molecule has 2 N–H and O–H groups in total. The molecule has 2 atom stereocenters. The van der Waals surface area contributed by atoms with Crippen molar-refractivity contribution in [3.8, 4) is 0 Å². The molecular formula is C15H25FN2. The van der Waals surface area contributed by atoms with Crippen molar-refractivity contribution in [3.63, 3.8) is 0 Å². The first-order chi connectivity index (χ1) is 8.51. The molecule has 1 aromatic carbocycles. The van der Waals surface area contributed by atoms with Crippen LogP contribution in [0.25, 0.3) is 0 Å². The summed E-state index contributed by atoms with van der Waals surface area (Å²) in [6, 6.07) is 5.95. The van der Waals surface area contributed by atoms with Crippen molar-refractivity contribution in [2.24, 2.45) is 5.73 Å². The van der Waals surface area contributed by atoms with E-state index in [4.69, 9.17) is 5.73 Å². The van der Waals surface area contributed by atoms with Gasteiger partial charge in [-0.15, -0.1) is 0 Å². The van der Waals surface area contributed by atoms with Crippen LogP contribution in [-0.4, -0.2) is 24.5 Å². The minimum Gasteiger partial charge on any atom is -0.329 e. The van der Waals surface area contributed by atoms with Gasteiger partial charge in [-0.25, -0.2) is 4.39 Å². The normalized spacial score (nSPS) is 14.8. The molecule has 0 bridgehead atoms. The van der Waals surface area contributed by atoms with Crippen LogP contribution >= 0.6 is 0 Å². The highest BCUT2D eigenvalue weighted by Gasteiger charge is 2.20. The Balaban J connectivity index is 2.91. The number of hydrogen-bond donors (Lipinski definition) is 1. The highest BCUT2D eigenvalue weighted by molar-refractivity contribution is 5.26. The molecule has 0 aliphatic rings. The summed E-state index contributed by atoms with van der Waals surface area (Å²) in [6.45, 7) is 6.65. The van der Waals surface area contributed by atoms with E-state index in [9.17, 15) is 4.39 Å². The van der Waals surface area contributed by atoms with E-state index in [1.807, 2.05) is 12.1 Å². The first kappa shape index (κ1) is 15.1. The fourth-order valence-corrected chi connectivity index (χ4v) is 2.28. The third kappa shape index (κ3) is 3.53. The van der Waals surface area contributed by atoms with Gasteiger partial charge in [-0.1, -0.05) is 25.5 Å². The molecule has 0 saturated carbocycles. The van der Waals surface area contributed by atoms with E-state index < -0.39 is 0 Å². The third-order valence-corrected chi connectivity index (χ3v) is 3.70. The summed E-state index contributed by atoms with van der Waals surface area (Å²) in [5.41, 5.74) is 7.51. The van der Waals surface area contributed by atoms with E-state index in [0.29, 0.717) is 18.2 Å². The van der Waals surface area contributed by atoms with Crippen LogP contribution in [0.3, 0.4) is 0 Å². The van der Waals surface area contributed by atoms with Crippen LogP contribution in [-0.2, 0) is 0 Å². The van der Waals surface area contributed by atoms with E-state index in [1.165, 1.54) is 0 Å². The Morgan fingerprint density at radius 2 is 2.06 bits per heavy atom. The standard InChI is InChI=1S/C15H25FN2/c1-5-6-12(3)18(4)15(10-17)13-8-7-11(2)14(16)9-13/h7-9,12,15H,5-6,10,17H2,1-4H3. The smallest absolute Gasteiger partial charge is 0.126 e. The molecule has 1 rings (SSSR count). The lowest BCUT2D eigenvalue weighted by molar-refractivity contribution is 0.179. The van der Waals surface area contributed by atoms with Gasteiger partial charge in [-0.3, -0.25) is 4.90 Å². The van der Waals surface area contributed by atoms with Gasteiger partial charge < -0.3 is 5.73 Å². The molecule has 18 heavy (non-hydrogen) atoms. The number of likely N-dealkylation sites (N-methyl/N-ethyl adjacent to an activating group) is 1. The maximum atomic E-state index is 13.6. The molecule has 0 aliphatic heterocycles. The first-order valence-electron chi connectivity index (χ1n) is 6.69. The molecule has 0 aromatic heterocycles. The summed E-state index contributed by atoms with van der Waals surface area (Å²) in [5, 5.41) is 0. The molecule has 0 heterocycles. The summed E-state index contributed by atoms with van der Waals surface area (Å²) in [7, 11) is 2.07. The van der Waals surface area contributed by atoms with Gasteiger partial charge in [0.05, 0.1) is 0 Å². The number of nitrogens with zero attached hydrogens (tertiary/aromatic N) is 1. The summed E-state index contributed by atoms with van der Waals surface area (Å²) in [6.07, 6.45) is 2.27. The summed E-state index contributed by atoms with van der Waals surface area (Å²) in [4.78, 5) is 2.24. The van der Waals surface area contributed by atoms with Crippen LogP contribution in [0.15, 0.2) is 18.2 Å². The van der Waals surface area contributed by atoms with E-state index in [2.05, 4.69) is 25.8 Å². The fraction of sp³-hybridized carbons (Fsp3) is 0.600. The number of hydrogen-bond acceptors (Lipinski definition) is 2. The van der Waals surface area contributed by atoms with Crippen LogP contribution in [0.5, 0.6) is 0 Å². The van der Waals surface area contributed by atoms with Crippen molar-refractivity contribution in [2.75, 3.05) is 13.6 Å². The minimum atomic E-state index is -0.150. The van der Waals surface area contributed by atoms with Gasteiger partial charge in [-0.05, 0) is 44.5 Å². The molecule has 0 amide bonds. The second-order valence-electron chi connectivity index (χ2n) is 5.06. The van der Waals surface area contributed by atoms with Gasteiger partial charge in [0.1, 0.15) is 5.82 Å². The zero-order chi connectivity index (χ0) is 13.7. The second-order valence-corrected chi connectivity index (χ2v) is 5.06. The van der Waals surface area contributed by atoms with Gasteiger partial charge in [0.15, 0.2) is 0 Å². The van der Waals surface area contributed by atoms with Crippen molar-refractivity contribution in [2.45, 2.75) is 45.7 Å². The minimum absolute atomic E-state index is 0.0849. The predicted octanol–water partition coefficient (Wildman–Crippen LogP) is 3.25. The molecule has 0 saturated heterocycles. The van der Waals surface area contributed by atoms with Crippen molar-refractivity contribution in [3.05, 3.63) is 35.1 Å². The molecule has 0 radical (unpaired) electrons. The lowest BCUT2D eigenvalue weighted by atomic mass is 10.0. The SMILES string of the molecule is CCCC(C)N(C)C(CN)c1ccc(C)c(F)c1. The van der Waals surface area contributed by atoms with Crippen LogP contribution in [0.4, 0.5) is 4.39 Å². The third-order valence-electron chi connectivity index (χ3n) is 3.70. The lowest BCUT2D eigenvalue weighted by Gasteiger charge is -2.32. The maximum Gasteiger partial charge on any atom is 0.126 e. The zero-order valence-corrected chi connectivity index (χ0v) is 11.9. The van der Waals surface area contributed by atoms with Gasteiger partial charge in [0, 0.05) is 18.6 Å². The summed E-state index contributed by atoms with van der Waals surface area (Å²) >= 11 is 0. The monoisotopic (exact) mass is 252 g/mol. The summed E-state index contributed by atoms with van der Waals surface area (Å²) in [5.74, 6) is -0.150. The highest BCUT2D eigenvalue weighted by Crippen LogP contribution is 2.23. The van der Waals surface area contributed by atoms with Crippen LogP contribution in [0, 0.1) is 12.7 Å². The Labute approximate surface area is 110 Å². The first-order valence-corrected chi connectivity index (χ1v) is 6.69. The Hall–Kier alpha value is -0.930. The quantitative estimate of drug-likeness (QED) is 0.842. The molecule has 2 nitrogen and oxygen atoms in total. The van der Waals surface area contributed by atoms with E-state index >= 15 is 0 Å². The van der Waals surface area contributed by atoms with Crippen LogP contribution in [0.2, 0.25) is 0 Å². The molecular weight excluding hydrogens is 227 g/mol. The topological polar surface area (TPSA) is 29.3 Å². The number of nitrogens with two attached hydrogens (primary N) is 1. The van der Waals surface area contributed by atoms with Crippen molar-refractivity contribution >= 4 is 0 Å². The van der Waals surface area contributed by atoms with E-state index in [0.717, 1.165) is 18.4 Å². The van der Waals surface area contributed by atoms with Gasteiger partial charge >= 0.3 is 0 Å². The van der Waals surface area contributed by atoms with Crippen molar-refractivity contribution in [1.82, 2.24) is 4.90 Å². The number of benzene rings is 1. The molecule has 3 heteroatoms. The zero-order valence-electron chi connectivity index (χ0n) is 11.9. The fourth-order valence-electron chi connectivity index (χ4n) is 2.28. The van der Waals surface area contributed by atoms with Crippen LogP contribution in [0.1, 0.15) is 43.9 Å². The largest absolute Gasteiger partial charge is 0.329 e. The Morgan fingerprint density at radius 3 is 2.56 bits per heavy atom. The van der Waals surface area contributed by atoms with E-state index in [1.54, 1.807) is 13.0 Å². The Morgan fingerprint density at radius 1 is 1.39 bits per heavy atom. The number of halogens is 1. The average molecular weight is 252 g/mol. The Kier molecular flexibility index (Phi) is 5.76. The summed E-state index contributed by atoms with van der Waals surface area (Å²) < 4.78 is 13.6. The van der Waals surface area contributed by atoms with E-state index in [-0.39, 0.29) is 11.9 Å². The second kappa shape index (κ2) is 6.86. The number of rotatable bonds is 6.